The number of nitrogens with one attached hydrogen (secondary N) is 1. The molecule has 2 rings (SSSR count). The predicted octanol–water partition coefficient (Wildman–Crippen LogP) is 1.83. The van der Waals surface area contributed by atoms with Crippen molar-refractivity contribution in [3.63, 3.8) is 0 Å². The summed E-state index contributed by atoms with van der Waals surface area (Å²) in [4.78, 5) is 22.7. The highest BCUT2D eigenvalue weighted by Gasteiger charge is 2.21. The van der Waals surface area contributed by atoms with Crippen molar-refractivity contribution in [3.05, 3.63) is 46.2 Å². The Morgan fingerprint density at radius 3 is 2.52 bits per heavy atom. The maximum Gasteiger partial charge on any atom is 0.358 e. The van der Waals surface area contributed by atoms with Gasteiger partial charge in [0.1, 0.15) is 6.54 Å². The molecule has 0 fully saturated rings. The number of rotatable bonds is 6. The molecule has 0 aliphatic heterocycles. The van der Waals surface area contributed by atoms with Gasteiger partial charge in [-0.25, -0.2) is 9.48 Å². The number of carboxylic acid groups (broad SMARTS) is 1. The molecular weight excluding hydrogens is 364 g/mol. The fourth-order valence-electron chi connectivity index (χ4n) is 2.00. The topological polar surface area (TPSA) is 97.1 Å². The molecule has 0 saturated carbocycles. The van der Waals surface area contributed by atoms with Crippen molar-refractivity contribution >= 4 is 27.8 Å². The van der Waals surface area contributed by atoms with Crippen LogP contribution in [-0.2, 0) is 16.8 Å². The lowest BCUT2D eigenvalue weighted by Gasteiger charge is -2.25. The van der Waals surface area contributed by atoms with Crippen LogP contribution in [0.4, 0.5) is 0 Å². The quantitative estimate of drug-likeness (QED) is 0.796. The number of aromatic nitrogens is 3. The molecule has 1 amide bonds. The third-order valence-corrected chi connectivity index (χ3v) is 3.95. The summed E-state index contributed by atoms with van der Waals surface area (Å²) in [7, 11) is 0. The average molecular weight is 381 g/mol. The van der Waals surface area contributed by atoms with Crippen LogP contribution in [0.15, 0.2) is 34.9 Å². The zero-order chi connectivity index (χ0) is 17.0. The molecule has 8 heteroatoms. The Bertz CT molecular complexity index is 710. The van der Waals surface area contributed by atoms with Crippen LogP contribution in [0.3, 0.4) is 0 Å². The van der Waals surface area contributed by atoms with Crippen LogP contribution in [0.2, 0.25) is 0 Å². The summed E-state index contributed by atoms with van der Waals surface area (Å²) < 4.78 is 2.20. The number of carbonyl (C=O) groups is 2. The second-order valence-electron chi connectivity index (χ2n) is 5.77. The van der Waals surface area contributed by atoms with E-state index in [-0.39, 0.29) is 23.6 Å². The van der Waals surface area contributed by atoms with Crippen molar-refractivity contribution in [2.75, 3.05) is 6.54 Å². The summed E-state index contributed by atoms with van der Waals surface area (Å²) in [5.41, 5.74) is 0.688. The summed E-state index contributed by atoms with van der Waals surface area (Å²) in [5, 5.41) is 18.7. The van der Waals surface area contributed by atoms with Gasteiger partial charge >= 0.3 is 5.97 Å². The van der Waals surface area contributed by atoms with Crippen LogP contribution in [0.5, 0.6) is 0 Å². The molecule has 23 heavy (non-hydrogen) atoms. The molecule has 0 saturated heterocycles. The Morgan fingerprint density at radius 1 is 1.30 bits per heavy atom. The minimum Gasteiger partial charge on any atom is -0.476 e. The molecule has 2 N–H and O–H groups in total. The maximum atomic E-state index is 12.0. The summed E-state index contributed by atoms with van der Waals surface area (Å²) in [6.07, 6.45) is 1.22. The Morgan fingerprint density at radius 2 is 1.96 bits per heavy atom. The molecule has 2 aromatic rings. The smallest absolute Gasteiger partial charge is 0.358 e. The van der Waals surface area contributed by atoms with Crippen molar-refractivity contribution in [3.8, 4) is 0 Å². The highest BCUT2D eigenvalue weighted by molar-refractivity contribution is 9.10. The van der Waals surface area contributed by atoms with E-state index in [9.17, 15) is 9.59 Å². The highest BCUT2D eigenvalue weighted by Crippen LogP contribution is 2.23. The number of hydrogen-bond donors (Lipinski definition) is 2. The fourth-order valence-corrected chi connectivity index (χ4v) is 2.26. The number of amides is 1. The van der Waals surface area contributed by atoms with E-state index in [1.807, 2.05) is 38.1 Å². The van der Waals surface area contributed by atoms with E-state index in [0.29, 0.717) is 6.54 Å². The van der Waals surface area contributed by atoms with Gasteiger partial charge in [-0.05, 0) is 17.7 Å². The number of halogens is 1. The van der Waals surface area contributed by atoms with Gasteiger partial charge in [-0.1, -0.05) is 47.1 Å². The third kappa shape index (κ3) is 4.62. The Labute approximate surface area is 141 Å². The van der Waals surface area contributed by atoms with Gasteiger partial charge in [0.2, 0.25) is 5.91 Å². The third-order valence-electron chi connectivity index (χ3n) is 3.42. The molecule has 122 valence electrons. The first-order valence-corrected chi connectivity index (χ1v) is 7.73. The SMILES string of the molecule is CC(C)(CNC(=O)Cn1cc(C(=O)O)nn1)c1ccc(Br)cc1. The first-order chi connectivity index (χ1) is 10.8. The van der Waals surface area contributed by atoms with Crippen LogP contribution in [-0.4, -0.2) is 38.5 Å². The fraction of sp³-hybridized carbons (Fsp3) is 0.333. The van der Waals surface area contributed by atoms with Crippen molar-refractivity contribution in [2.45, 2.75) is 25.8 Å². The van der Waals surface area contributed by atoms with Gasteiger partial charge in [-0.2, -0.15) is 0 Å². The molecule has 0 radical (unpaired) electrons. The summed E-state index contributed by atoms with van der Waals surface area (Å²) in [6, 6.07) is 7.93. The zero-order valence-corrected chi connectivity index (χ0v) is 14.4. The minimum atomic E-state index is -1.17. The van der Waals surface area contributed by atoms with Crippen LogP contribution < -0.4 is 5.32 Å². The molecular formula is C15H17BrN4O3. The van der Waals surface area contributed by atoms with E-state index in [0.717, 1.165) is 10.0 Å². The maximum absolute atomic E-state index is 12.0. The first-order valence-electron chi connectivity index (χ1n) is 6.94. The van der Waals surface area contributed by atoms with Gasteiger partial charge < -0.3 is 10.4 Å². The molecule has 0 aliphatic rings. The molecule has 0 bridgehead atoms. The summed E-state index contributed by atoms with van der Waals surface area (Å²) in [6.45, 7) is 4.45. The molecule has 1 heterocycles. The lowest BCUT2D eigenvalue weighted by atomic mass is 9.84. The van der Waals surface area contributed by atoms with Gasteiger partial charge in [0.05, 0.1) is 6.20 Å². The van der Waals surface area contributed by atoms with Crippen LogP contribution >= 0.6 is 15.9 Å². The molecule has 0 unspecified atom stereocenters. The van der Waals surface area contributed by atoms with Crippen molar-refractivity contribution in [1.29, 1.82) is 0 Å². The number of benzene rings is 1. The lowest BCUT2D eigenvalue weighted by molar-refractivity contribution is -0.122. The van der Waals surface area contributed by atoms with Gasteiger partial charge in [-0.3, -0.25) is 4.79 Å². The summed E-state index contributed by atoms with van der Waals surface area (Å²) >= 11 is 3.40. The van der Waals surface area contributed by atoms with Crippen molar-refractivity contribution in [1.82, 2.24) is 20.3 Å². The number of carbonyl (C=O) groups excluding carboxylic acids is 1. The number of nitrogens with zero attached hydrogens (tertiary/aromatic N) is 3. The van der Waals surface area contributed by atoms with E-state index in [2.05, 4.69) is 31.6 Å². The van der Waals surface area contributed by atoms with E-state index >= 15 is 0 Å². The molecule has 7 nitrogen and oxygen atoms in total. The highest BCUT2D eigenvalue weighted by atomic mass is 79.9. The van der Waals surface area contributed by atoms with Gasteiger partial charge in [0, 0.05) is 16.4 Å². The monoisotopic (exact) mass is 380 g/mol. The summed E-state index contributed by atoms with van der Waals surface area (Å²) in [5.74, 6) is -1.43. The number of hydrogen-bond acceptors (Lipinski definition) is 4. The Balaban J connectivity index is 1.92. The largest absolute Gasteiger partial charge is 0.476 e. The first kappa shape index (κ1) is 17.1. The number of aromatic carboxylic acids is 1. The second-order valence-corrected chi connectivity index (χ2v) is 6.69. The second kappa shape index (κ2) is 6.91. The molecule has 0 spiro atoms. The van der Waals surface area contributed by atoms with Crippen molar-refractivity contribution < 1.29 is 14.7 Å². The molecule has 0 aliphatic carbocycles. The van der Waals surface area contributed by atoms with E-state index in [4.69, 9.17) is 5.11 Å². The van der Waals surface area contributed by atoms with E-state index in [1.165, 1.54) is 10.9 Å². The standard InChI is InChI=1S/C15H17BrN4O3/c1-15(2,10-3-5-11(16)6-4-10)9-17-13(21)8-20-7-12(14(22)23)18-19-20/h3-7H,8-9H2,1-2H3,(H,17,21)(H,22,23). The van der Waals surface area contributed by atoms with Crippen molar-refractivity contribution in [2.24, 2.45) is 0 Å². The van der Waals surface area contributed by atoms with Gasteiger partial charge in [-0.15, -0.1) is 5.10 Å². The van der Waals surface area contributed by atoms with E-state index < -0.39 is 5.97 Å². The Hall–Kier alpha value is -2.22. The zero-order valence-electron chi connectivity index (χ0n) is 12.8. The lowest BCUT2D eigenvalue weighted by Crippen LogP contribution is -2.38. The molecule has 1 aromatic carbocycles. The molecule has 1 aromatic heterocycles. The van der Waals surface area contributed by atoms with Gasteiger partial charge in [0.15, 0.2) is 5.69 Å². The van der Waals surface area contributed by atoms with Crippen LogP contribution in [0.25, 0.3) is 0 Å². The minimum absolute atomic E-state index is 0.0727. The number of carboxylic acids is 1. The normalized spacial score (nSPS) is 11.3. The Kier molecular flexibility index (Phi) is 5.15. The van der Waals surface area contributed by atoms with Gasteiger partial charge in [0.25, 0.3) is 0 Å². The van der Waals surface area contributed by atoms with Crippen LogP contribution in [0.1, 0.15) is 29.9 Å². The predicted molar refractivity (Wildman–Crippen MR) is 87.2 cm³/mol. The average Bonchev–Trinajstić information content (AvgIpc) is 2.94. The van der Waals surface area contributed by atoms with Crippen LogP contribution in [0, 0.1) is 0 Å². The molecule has 0 atom stereocenters. The van der Waals surface area contributed by atoms with E-state index in [1.54, 1.807) is 0 Å².